The average molecular weight is 320 g/mol. The summed E-state index contributed by atoms with van der Waals surface area (Å²) in [6, 6.07) is 18.2. The predicted octanol–water partition coefficient (Wildman–Crippen LogP) is 4.49. The van der Waals surface area contributed by atoms with Gasteiger partial charge in [-0.05, 0) is 43.2 Å². The molecular weight excluding hydrogens is 296 g/mol. The number of nitrogens with two attached hydrogens (primary N) is 2. The minimum atomic E-state index is 0.491. The minimum absolute atomic E-state index is 0.491. The molecule has 0 radical (unpaired) electrons. The van der Waals surface area contributed by atoms with Crippen LogP contribution in [0.25, 0.3) is 12.2 Å². The molecule has 0 saturated heterocycles. The van der Waals surface area contributed by atoms with E-state index in [2.05, 4.69) is 31.1 Å². The van der Waals surface area contributed by atoms with Crippen LogP contribution in [0.4, 0.5) is 11.4 Å². The minimum Gasteiger partial charge on any atom is -0.397 e. The second-order valence-electron chi connectivity index (χ2n) is 5.71. The van der Waals surface area contributed by atoms with Gasteiger partial charge in [-0.25, -0.2) is 0 Å². The van der Waals surface area contributed by atoms with Crippen molar-refractivity contribution in [1.29, 1.82) is 0 Å². The lowest BCUT2D eigenvalue weighted by molar-refractivity contribution is 0.532. The van der Waals surface area contributed by atoms with Crippen LogP contribution in [0, 0.1) is 0 Å². The second-order valence-corrected chi connectivity index (χ2v) is 5.71. The van der Waals surface area contributed by atoms with Crippen molar-refractivity contribution in [3.05, 3.63) is 78.1 Å². The number of nitrogens with zero attached hydrogens (tertiary/aromatic N) is 2. The monoisotopic (exact) mass is 320 g/mol. The first-order valence-corrected chi connectivity index (χ1v) is 7.93. The van der Waals surface area contributed by atoms with Crippen LogP contribution < -0.4 is 11.5 Å². The first-order valence-electron chi connectivity index (χ1n) is 7.93. The molecule has 0 aliphatic rings. The third-order valence-corrected chi connectivity index (χ3v) is 3.43. The van der Waals surface area contributed by atoms with Crippen molar-refractivity contribution in [2.45, 2.75) is 19.9 Å². The van der Waals surface area contributed by atoms with Gasteiger partial charge in [-0.1, -0.05) is 48.6 Å². The number of anilines is 2. The van der Waals surface area contributed by atoms with E-state index in [1.165, 1.54) is 0 Å². The standard InChI is InChI=1S/C14H14N2.C6H10N2/c15-13-9-8-12(10-14(13)16)7-6-11-4-2-1-3-5-11;1-6(2)8-5-3-4-7-8/h1-10H,15-16H2;3-6H,1-2H3. The first-order chi connectivity index (χ1) is 11.6. The van der Waals surface area contributed by atoms with Crippen LogP contribution in [-0.2, 0) is 0 Å². The van der Waals surface area contributed by atoms with E-state index in [-0.39, 0.29) is 0 Å². The van der Waals surface area contributed by atoms with Gasteiger partial charge in [-0.15, -0.1) is 0 Å². The molecule has 3 rings (SSSR count). The molecule has 24 heavy (non-hydrogen) atoms. The fraction of sp³-hybridized carbons (Fsp3) is 0.150. The number of nitrogen functional groups attached to an aromatic ring is 2. The number of rotatable bonds is 3. The highest BCUT2D eigenvalue weighted by atomic mass is 15.3. The fourth-order valence-corrected chi connectivity index (χ4v) is 2.04. The van der Waals surface area contributed by atoms with Gasteiger partial charge in [-0.3, -0.25) is 4.68 Å². The molecule has 4 N–H and O–H groups in total. The van der Waals surface area contributed by atoms with Crippen molar-refractivity contribution < 1.29 is 0 Å². The van der Waals surface area contributed by atoms with Crippen LogP contribution in [0.2, 0.25) is 0 Å². The van der Waals surface area contributed by atoms with Crippen molar-refractivity contribution in [1.82, 2.24) is 9.78 Å². The molecule has 2 aromatic carbocycles. The lowest BCUT2D eigenvalue weighted by atomic mass is 10.1. The molecule has 4 heteroatoms. The molecule has 0 atom stereocenters. The molecule has 0 fully saturated rings. The summed E-state index contributed by atoms with van der Waals surface area (Å²) in [6.07, 6.45) is 7.82. The summed E-state index contributed by atoms with van der Waals surface area (Å²) in [4.78, 5) is 0. The second kappa shape index (κ2) is 8.58. The zero-order valence-corrected chi connectivity index (χ0v) is 14.1. The van der Waals surface area contributed by atoms with E-state index < -0.39 is 0 Å². The summed E-state index contributed by atoms with van der Waals surface area (Å²) in [5.41, 5.74) is 14.8. The Labute approximate surface area is 143 Å². The highest BCUT2D eigenvalue weighted by Crippen LogP contribution is 2.17. The van der Waals surface area contributed by atoms with Gasteiger partial charge in [0.25, 0.3) is 0 Å². The van der Waals surface area contributed by atoms with Crippen LogP contribution >= 0.6 is 0 Å². The Morgan fingerprint density at radius 2 is 1.58 bits per heavy atom. The molecule has 0 bridgehead atoms. The van der Waals surface area contributed by atoms with Gasteiger partial charge in [-0.2, -0.15) is 5.10 Å². The largest absolute Gasteiger partial charge is 0.397 e. The Hall–Kier alpha value is -3.01. The molecule has 0 aliphatic carbocycles. The van der Waals surface area contributed by atoms with Gasteiger partial charge in [0.15, 0.2) is 0 Å². The third-order valence-electron chi connectivity index (χ3n) is 3.43. The Morgan fingerprint density at radius 3 is 2.12 bits per heavy atom. The maximum Gasteiger partial charge on any atom is 0.0553 e. The number of benzene rings is 2. The molecule has 1 heterocycles. The van der Waals surface area contributed by atoms with E-state index in [4.69, 9.17) is 11.5 Å². The van der Waals surface area contributed by atoms with Crippen molar-refractivity contribution in [2.24, 2.45) is 0 Å². The van der Waals surface area contributed by atoms with E-state index in [0.717, 1.165) is 11.1 Å². The van der Waals surface area contributed by atoms with Crippen molar-refractivity contribution >= 4 is 23.5 Å². The smallest absolute Gasteiger partial charge is 0.0553 e. The van der Waals surface area contributed by atoms with Gasteiger partial charge >= 0.3 is 0 Å². The number of hydrogen-bond acceptors (Lipinski definition) is 3. The summed E-state index contributed by atoms with van der Waals surface area (Å²) < 4.78 is 1.92. The molecule has 0 spiro atoms. The van der Waals surface area contributed by atoms with E-state index in [9.17, 15) is 0 Å². The summed E-state index contributed by atoms with van der Waals surface area (Å²) in [6.45, 7) is 4.21. The molecule has 0 amide bonds. The van der Waals surface area contributed by atoms with Crippen LogP contribution in [0.3, 0.4) is 0 Å². The van der Waals surface area contributed by atoms with E-state index in [0.29, 0.717) is 17.4 Å². The van der Waals surface area contributed by atoms with Crippen LogP contribution in [0.1, 0.15) is 31.0 Å². The molecule has 124 valence electrons. The molecule has 0 saturated carbocycles. The Kier molecular flexibility index (Phi) is 6.20. The van der Waals surface area contributed by atoms with Gasteiger partial charge < -0.3 is 11.5 Å². The van der Waals surface area contributed by atoms with E-state index >= 15 is 0 Å². The summed E-state index contributed by atoms with van der Waals surface area (Å²) in [5, 5.41) is 4.03. The van der Waals surface area contributed by atoms with Gasteiger partial charge in [0.05, 0.1) is 11.4 Å². The van der Waals surface area contributed by atoms with Crippen molar-refractivity contribution in [3.63, 3.8) is 0 Å². The lowest BCUT2D eigenvalue weighted by Gasteiger charge is -2.01. The van der Waals surface area contributed by atoms with E-state index in [1.807, 2.05) is 65.5 Å². The Morgan fingerprint density at radius 1 is 0.875 bits per heavy atom. The quantitative estimate of drug-likeness (QED) is 0.552. The predicted molar refractivity (Wildman–Crippen MR) is 103 cm³/mol. The molecular formula is C20H24N4. The molecule has 3 aromatic rings. The lowest BCUT2D eigenvalue weighted by Crippen LogP contribution is -1.99. The normalized spacial score (nSPS) is 10.6. The SMILES string of the molecule is CC(C)n1cccn1.Nc1ccc(C=Cc2ccccc2)cc1N. The van der Waals surface area contributed by atoms with Crippen LogP contribution in [0.15, 0.2) is 67.0 Å². The van der Waals surface area contributed by atoms with E-state index in [1.54, 1.807) is 6.20 Å². The molecule has 0 aliphatic heterocycles. The average Bonchev–Trinajstić information content (AvgIpc) is 3.12. The van der Waals surface area contributed by atoms with Gasteiger partial charge in [0.2, 0.25) is 0 Å². The van der Waals surface area contributed by atoms with Gasteiger partial charge in [0, 0.05) is 18.4 Å². The number of hydrogen-bond donors (Lipinski definition) is 2. The van der Waals surface area contributed by atoms with Crippen molar-refractivity contribution in [3.8, 4) is 0 Å². The van der Waals surface area contributed by atoms with Crippen LogP contribution in [0.5, 0.6) is 0 Å². The topological polar surface area (TPSA) is 69.9 Å². The summed E-state index contributed by atoms with van der Waals surface area (Å²) in [5.74, 6) is 0. The van der Waals surface area contributed by atoms with Crippen molar-refractivity contribution in [2.75, 3.05) is 11.5 Å². The van der Waals surface area contributed by atoms with Gasteiger partial charge in [0.1, 0.15) is 0 Å². The maximum atomic E-state index is 5.73. The number of aromatic nitrogens is 2. The summed E-state index contributed by atoms with van der Waals surface area (Å²) >= 11 is 0. The fourth-order valence-electron chi connectivity index (χ4n) is 2.04. The Bertz CT molecular complexity index is 760. The molecule has 4 nitrogen and oxygen atoms in total. The molecule has 1 aromatic heterocycles. The third kappa shape index (κ3) is 5.32. The maximum absolute atomic E-state index is 5.73. The highest BCUT2D eigenvalue weighted by Gasteiger charge is 1.94. The first kappa shape index (κ1) is 17.3. The Balaban J connectivity index is 0.000000219. The van der Waals surface area contributed by atoms with Crippen LogP contribution in [-0.4, -0.2) is 9.78 Å². The highest BCUT2D eigenvalue weighted by molar-refractivity contribution is 5.74. The zero-order chi connectivity index (χ0) is 17.4. The molecule has 0 unspecified atom stereocenters. The summed E-state index contributed by atoms with van der Waals surface area (Å²) in [7, 11) is 0. The zero-order valence-electron chi connectivity index (χ0n) is 14.1.